The Morgan fingerprint density at radius 1 is 1.18 bits per heavy atom. The molecule has 3 rings (SSSR count). The normalized spacial score (nSPS) is 20.3. The molecule has 0 radical (unpaired) electrons. The molecular formula is C17H21NO4. The molecule has 0 aromatic heterocycles. The largest absolute Gasteiger partial charge is 0.478 e. The molecule has 22 heavy (non-hydrogen) atoms. The van der Waals surface area contributed by atoms with Crippen LogP contribution in [0.2, 0.25) is 0 Å². The molecule has 0 atom stereocenters. The third kappa shape index (κ3) is 2.86. The van der Waals surface area contributed by atoms with Gasteiger partial charge in [0, 0.05) is 12.1 Å². The van der Waals surface area contributed by atoms with Crippen LogP contribution in [0.3, 0.4) is 0 Å². The molecule has 2 aliphatic rings. The summed E-state index contributed by atoms with van der Waals surface area (Å²) in [5.74, 6) is -1.10. The van der Waals surface area contributed by atoms with E-state index in [1.54, 1.807) is 19.1 Å². The number of aryl methyl sites for hydroxylation is 1. The van der Waals surface area contributed by atoms with Crippen molar-refractivity contribution in [1.82, 2.24) is 4.90 Å². The van der Waals surface area contributed by atoms with Crippen molar-refractivity contribution in [2.75, 3.05) is 19.7 Å². The zero-order chi connectivity index (χ0) is 15.7. The third-order valence-electron chi connectivity index (χ3n) is 4.62. The number of aromatic carboxylic acids is 1. The Kier molecular flexibility index (Phi) is 3.91. The van der Waals surface area contributed by atoms with Gasteiger partial charge in [-0.2, -0.15) is 0 Å². The minimum atomic E-state index is -1.01. The van der Waals surface area contributed by atoms with Crippen molar-refractivity contribution >= 4 is 11.9 Å². The van der Waals surface area contributed by atoms with Crippen molar-refractivity contribution in [3.8, 4) is 0 Å². The number of hydrogen-bond acceptors (Lipinski definition) is 3. The van der Waals surface area contributed by atoms with Gasteiger partial charge in [0.15, 0.2) is 0 Å². The lowest BCUT2D eigenvalue weighted by Crippen LogP contribution is -2.52. The summed E-state index contributed by atoms with van der Waals surface area (Å²) in [6.45, 7) is 3.55. The molecule has 1 saturated carbocycles. The van der Waals surface area contributed by atoms with Crippen LogP contribution in [0.15, 0.2) is 18.2 Å². The van der Waals surface area contributed by atoms with Crippen molar-refractivity contribution in [2.24, 2.45) is 0 Å². The Hall–Kier alpha value is -1.88. The average Bonchev–Trinajstić information content (AvgIpc) is 2.93. The molecule has 1 aromatic rings. The highest BCUT2D eigenvalue weighted by molar-refractivity contribution is 5.98. The quantitative estimate of drug-likeness (QED) is 0.911. The number of nitrogens with zero attached hydrogens (tertiary/aromatic N) is 1. The molecule has 5 nitrogen and oxygen atoms in total. The first-order valence-corrected chi connectivity index (χ1v) is 7.77. The van der Waals surface area contributed by atoms with Crippen molar-refractivity contribution in [2.45, 2.75) is 38.2 Å². The predicted molar refractivity (Wildman–Crippen MR) is 81.2 cm³/mol. The van der Waals surface area contributed by atoms with E-state index >= 15 is 0 Å². The van der Waals surface area contributed by atoms with Crippen LogP contribution in [0.1, 0.15) is 52.0 Å². The van der Waals surface area contributed by atoms with Crippen molar-refractivity contribution in [3.63, 3.8) is 0 Å². The van der Waals surface area contributed by atoms with Gasteiger partial charge in [0.25, 0.3) is 5.91 Å². The number of rotatable bonds is 2. The molecule has 2 fully saturated rings. The fourth-order valence-electron chi connectivity index (χ4n) is 3.55. The zero-order valence-electron chi connectivity index (χ0n) is 12.8. The van der Waals surface area contributed by atoms with Gasteiger partial charge in [0.1, 0.15) is 0 Å². The van der Waals surface area contributed by atoms with E-state index in [4.69, 9.17) is 9.84 Å². The standard InChI is InChI=1S/C17H21NO4/c1-12-8-13(10-14(9-12)16(20)21)15(19)18-6-7-22-17(11-18)4-2-3-5-17/h8-10H,2-7,11H2,1H3,(H,20,21). The predicted octanol–water partition coefficient (Wildman–Crippen LogP) is 2.48. The van der Waals surface area contributed by atoms with Crippen LogP contribution < -0.4 is 0 Å². The number of morpholine rings is 1. The SMILES string of the molecule is Cc1cc(C(=O)O)cc(C(=O)N2CCOC3(CCCC3)C2)c1. The third-order valence-corrected chi connectivity index (χ3v) is 4.62. The van der Waals surface area contributed by atoms with E-state index in [9.17, 15) is 9.59 Å². The number of carbonyl (C=O) groups excluding carboxylic acids is 1. The number of amides is 1. The highest BCUT2D eigenvalue weighted by atomic mass is 16.5. The highest BCUT2D eigenvalue weighted by Gasteiger charge is 2.40. The van der Waals surface area contributed by atoms with Gasteiger partial charge in [-0.15, -0.1) is 0 Å². The fourth-order valence-corrected chi connectivity index (χ4v) is 3.55. The summed E-state index contributed by atoms with van der Waals surface area (Å²) in [5, 5.41) is 9.15. The second-order valence-corrected chi connectivity index (χ2v) is 6.36. The molecule has 118 valence electrons. The fraction of sp³-hybridized carbons (Fsp3) is 0.529. The van der Waals surface area contributed by atoms with Gasteiger partial charge in [-0.05, 0) is 43.5 Å². The van der Waals surface area contributed by atoms with E-state index in [0.717, 1.165) is 31.2 Å². The summed E-state index contributed by atoms with van der Waals surface area (Å²) in [6.07, 6.45) is 4.31. The summed E-state index contributed by atoms with van der Waals surface area (Å²) in [4.78, 5) is 25.7. The minimum absolute atomic E-state index is 0.0965. The van der Waals surface area contributed by atoms with Crippen molar-refractivity contribution < 1.29 is 19.4 Å². The number of carboxylic acids is 1. The smallest absolute Gasteiger partial charge is 0.335 e. The van der Waals surface area contributed by atoms with Crippen LogP contribution in [0.5, 0.6) is 0 Å². The molecule has 1 spiro atoms. The lowest BCUT2D eigenvalue weighted by molar-refractivity contribution is -0.0948. The van der Waals surface area contributed by atoms with E-state index in [-0.39, 0.29) is 17.1 Å². The number of ether oxygens (including phenoxy) is 1. The van der Waals surface area contributed by atoms with Gasteiger partial charge in [-0.3, -0.25) is 4.79 Å². The molecule has 1 aliphatic heterocycles. The topological polar surface area (TPSA) is 66.8 Å². The monoisotopic (exact) mass is 303 g/mol. The van der Waals surface area contributed by atoms with Gasteiger partial charge >= 0.3 is 5.97 Å². The van der Waals surface area contributed by atoms with Gasteiger partial charge in [-0.25, -0.2) is 4.79 Å². The summed E-state index contributed by atoms with van der Waals surface area (Å²) >= 11 is 0. The maximum atomic E-state index is 12.7. The molecular weight excluding hydrogens is 282 g/mol. The molecule has 1 amide bonds. The van der Waals surface area contributed by atoms with Crippen LogP contribution in [0.25, 0.3) is 0 Å². The van der Waals surface area contributed by atoms with E-state index < -0.39 is 5.97 Å². The van der Waals surface area contributed by atoms with Crippen molar-refractivity contribution in [3.05, 3.63) is 34.9 Å². The van der Waals surface area contributed by atoms with Crippen LogP contribution in [0.4, 0.5) is 0 Å². The van der Waals surface area contributed by atoms with Gasteiger partial charge in [0.05, 0.1) is 24.3 Å². The molecule has 1 N–H and O–H groups in total. The molecule has 1 saturated heterocycles. The number of hydrogen-bond donors (Lipinski definition) is 1. The Bertz CT molecular complexity index is 605. The summed E-state index contributed by atoms with van der Waals surface area (Å²) in [7, 11) is 0. The summed E-state index contributed by atoms with van der Waals surface area (Å²) in [6, 6.07) is 4.80. The Morgan fingerprint density at radius 2 is 1.86 bits per heavy atom. The van der Waals surface area contributed by atoms with Gasteiger partial charge < -0.3 is 14.7 Å². The van der Waals surface area contributed by atoms with Crippen LogP contribution in [-0.4, -0.2) is 47.2 Å². The van der Waals surface area contributed by atoms with E-state index in [1.165, 1.54) is 6.07 Å². The summed E-state index contributed by atoms with van der Waals surface area (Å²) in [5.41, 5.74) is 1.22. The molecule has 1 aromatic carbocycles. The Labute approximate surface area is 129 Å². The average molecular weight is 303 g/mol. The molecule has 5 heteroatoms. The number of benzene rings is 1. The van der Waals surface area contributed by atoms with E-state index in [1.807, 2.05) is 4.90 Å². The first kappa shape index (κ1) is 15.0. The molecule has 0 unspecified atom stereocenters. The van der Waals surface area contributed by atoms with Gasteiger partial charge in [0.2, 0.25) is 0 Å². The van der Waals surface area contributed by atoms with Crippen LogP contribution >= 0.6 is 0 Å². The second kappa shape index (κ2) is 5.72. The van der Waals surface area contributed by atoms with Crippen molar-refractivity contribution in [1.29, 1.82) is 0 Å². The highest BCUT2D eigenvalue weighted by Crippen LogP contribution is 2.36. The molecule has 0 bridgehead atoms. The lowest BCUT2D eigenvalue weighted by Gasteiger charge is -2.40. The Morgan fingerprint density at radius 3 is 2.55 bits per heavy atom. The van der Waals surface area contributed by atoms with Crippen LogP contribution in [-0.2, 0) is 4.74 Å². The second-order valence-electron chi connectivity index (χ2n) is 6.36. The van der Waals surface area contributed by atoms with E-state index in [2.05, 4.69) is 0 Å². The maximum Gasteiger partial charge on any atom is 0.335 e. The summed E-state index contributed by atoms with van der Waals surface area (Å²) < 4.78 is 5.94. The minimum Gasteiger partial charge on any atom is -0.478 e. The first-order valence-electron chi connectivity index (χ1n) is 7.77. The Balaban J connectivity index is 1.82. The molecule has 1 heterocycles. The number of carbonyl (C=O) groups is 2. The van der Waals surface area contributed by atoms with Gasteiger partial charge in [-0.1, -0.05) is 12.8 Å². The van der Waals surface area contributed by atoms with E-state index in [0.29, 0.717) is 25.3 Å². The lowest BCUT2D eigenvalue weighted by atomic mass is 9.98. The maximum absolute atomic E-state index is 12.7. The molecule has 1 aliphatic carbocycles. The van der Waals surface area contributed by atoms with Crippen LogP contribution in [0, 0.1) is 6.92 Å². The zero-order valence-corrected chi connectivity index (χ0v) is 12.8. The number of carboxylic acid groups (broad SMARTS) is 1. The first-order chi connectivity index (χ1) is 10.5.